The van der Waals surface area contributed by atoms with Crippen molar-refractivity contribution in [2.75, 3.05) is 0 Å². The van der Waals surface area contributed by atoms with E-state index in [1.807, 2.05) is 13.1 Å². The van der Waals surface area contributed by atoms with Crippen LogP contribution in [0.3, 0.4) is 0 Å². The Bertz CT molecular complexity index is 646. The Morgan fingerprint density at radius 3 is 2.81 bits per heavy atom. The highest BCUT2D eigenvalue weighted by Crippen LogP contribution is 2.09. The third kappa shape index (κ3) is 3.28. The van der Waals surface area contributed by atoms with Crippen LogP contribution in [0.4, 0.5) is 0 Å². The summed E-state index contributed by atoms with van der Waals surface area (Å²) >= 11 is 0. The second kappa shape index (κ2) is 6.21. The first kappa shape index (κ1) is 14.8. The number of carboxylic acids is 1. The molecule has 0 aromatic carbocycles. The summed E-state index contributed by atoms with van der Waals surface area (Å²) in [6.07, 6.45) is 4.93. The molecule has 21 heavy (non-hydrogen) atoms. The predicted octanol–water partition coefficient (Wildman–Crippen LogP) is 0.675. The second-order valence-electron chi connectivity index (χ2n) is 4.56. The van der Waals surface area contributed by atoms with Crippen molar-refractivity contribution in [3.8, 4) is 0 Å². The number of carbonyl (C=O) groups is 2. The zero-order valence-corrected chi connectivity index (χ0v) is 11.9. The number of hydrogen-bond donors (Lipinski definition) is 2. The van der Waals surface area contributed by atoms with Crippen LogP contribution in [-0.2, 0) is 17.9 Å². The van der Waals surface area contributed by atoms with Crippen LogP contribution in [0.5, 0.6) is 0 Å². The van der Waals surface area contributed by atoms with Gasteiger partial charge in [0.25, 0.3) is 5.91 Å². The lowest BCUT2D eigenvalue weighted by Crippen LogP contribution is -2.28. The number of hydrogen-bond acceptors (Lipinski definition) is 4. The molecule has 2 heterocycles. The topological polar surface area (TPSA) is 102 Å². The molecule has 8 heteroatoms. The number of rotatable bonds is 6. The van der Waals surface area contributed by atoms with Crippen LogP contribution in [0.2, 0.25) is 0 Å². The summed E-state index contributed by atoms with van der Waals surface area (Å²) in [5.41, 5.74) is 1.09. The first-order valence-electron chi connectivity index (χ1n) is 6.58. The molecule has 1 unspecified atom stereocenters. The highest BCUT2D eigenvalue weighted by atomic mass is 16.4. The van der Waals surface area contributed by atoms with Gasteiger partial charge in [0.1, 0.15) is 11.7 Å². The summed E-state index contributed by atoms with van der Waals surface area (Å²) in [5, 5.41) is 19.7. The molecular formula is C13H17N5O3. The molecule has 1 atom stereocenters. The van der Waals surface area contributed by atoms with Crippen molar-refractivity contribution < 1.29 is 14.7 Å². The molecule has 0 spiro atoms. The van der Waals surface area contributed by atoms with E-state index < -0.39 is 12.0 Å². The van der Waals surface area contributed by atoms with Gasteiger partial charge >= 0.3 is 5.97 Å². The fourth-order valence-electron chi connectivity index (χ4n) is 1.85. The fourth-order valence-corrected chi connectivity index (χ4v) is 1.85. The molecule has 8 nitrogen and oxygen atoms in total. The number of carboxylic acid groups (broad SMARTS) is 1. The van der Waals surface area contributed by atoms with E-state index in [-0.39, 0.29) is 11.6 Å². The summed E-state index contributed by atoms with van der Waals surface area (Å²) in [6, 6.07) is 0.591. The van der Waals surface area contributed by atoms with Crippen molar-refractivity contribution in [1.29, 1.82) is 0 Å². The minimum absolute atomic E-state index is 0.216. The minimum atomic E-state index is -1.04. The van der Waals surface area contributed by atoms with Gasteiger partial charge in [-0.3, -0.25) is 9.48 Å². The number of carbonyl (C=O) groups excluding carboxylic acids is 1. The molecular weight excluding hydrogens is 274 g/mol. The lowest BCUT2D eigenvalue weighted by Gasteiger charge is -2.11. The van der Waals surface area contributed by atoms with Crippen LogP contribution in [0.25, 0.3) is 0 Å². The maximum atomic E-state index is 12.1. The Morgan fingerprint density at radius 2 is 2.19 bits per heavy atom. The minimum Gasteiger partial charge on any atom is -0.480 e. The second-order valence-corrected chi connectivity index (χ2v) is 4.56. The lowest BCUT2D eigenvalue weighted by atomic mass is 10.3. The maximum absolute atomic E-state index is 12.1. The van der Waals surface area contributed by atoms with Gasteiger partial charge in [-0.1, -0.05) is 0 Å². The first-order chi connectivity index (χ1) is 10.0. The molecule has 0 aliphatic heterocycles. The van der Waals surface area contributed by atoms with E-state index in [4.69, 9.17) is 5.11 Å². The van der Waals surface area contributed by atoms with Crippen LogP contribution in [-0.4, -0.2) is 36.5 Å². The fraction of sp³-hybridized carbons (Fsp3) is 0.385. The number of amides is 1. The molecule has 0 aliphatic rings. The van der Waals surface area contributed by atoms with E-state index in [0.717, 1.165) is 12.1 Å². The van der Waals surface area contributed by atoms with Gasteiger partial charge in [-0.2, -0.15) is 10.2 Å². The van der Waals surface area contributed by atoms with E-state index in [0.29, 0.717) is 6.54 Å². The zero-order chi connectivity index (χ0) is 15.4. The number of aliphatic carboxylic acids is 1. The molecule has 0 bridgehead atoms. The first-order valence-corrected chi connectivity index (χ1v) is 6.58. The van der Waals surface area contributed by atoms with E-state index in [1.165, 1.54) is 23.9 Å². The standard InChI is InChI=1S/C13H17N5O3/c1-3-17-8-10(7-16-17)6-14-12(19)11-4-5-15-18(11)9(2)13(20)21/h4-5,7-9H,3,6H2,1-2H3,(H,14,19)(H,20,21). The Balaban J connectivity index is 2.04. The van der Waals surface area contributed by atoms with Crippen molar-refractivity contribution in [3.63, 3.8) is 0 Å². The summed E-state index contributed by atoms with van der Waals surface area (Å²) in [6.45, 7) is 4.53. The molecule has 2 aromatic heterocycles. The Hall–Kier alpha value is -2.64. The average molecular weight is 291 g/mol. The molecule has 1 amide bonds. The summed E-state index contributed by atoms with van der Waals surface area (Å²) in [7, 11) is 0. The van der Waals surface area contributed by atoms with Gasteiger partial charge in [0.15, 0.2) is 0 Å². The van der Waals surface area contributed by atoms with E-state index in [1.54, 1.807) is 10.9 Å². The van der Waals surface area contributed by atoms with Gasteiger partial charge in [0.2, 0.25) is 0 Å². The van der Waals surface area contributed by atoms with Crippen LogP contribution in [0, 0.1) is 0 Å². The van der Waals surface area contributed by atoms with E-state index in [9.17, 15) is 9.59 Å². The maximum Gasteiger partial charge on any atom is 0.328 e. The van der Waals surface area contributed by atoms with Gasteiger partial charge in [-0.15, -0.1) is 0 Å². The van der Waals surface area contributed by atoms with Crippen LogP contribution in [0.1, 0.15) is 35.9 Å². The quantitative estimate of drug-likeness (QED) is 0.814. The van der Waals surface area contributed by atoms with Gasteiger partial charge in [0.05, 0.1) is 6.20 Å². The number of aromatic nitrogens is 4. The van der Waals surface area contributed by atoms with Gasteiger partial charge in [-0.05, 0) is 19.9 Å². The number of aryl methyl sites for hydroxylation is 1. The van der Waals surface area contributed by atoms with Gasteiger partial charge in [0, 0.05) is 31.0 Å². The summed E-state index contributed by atoms with van der Waals surface area (Å²) in [5.74, 6) is -1.41. The SMILES string of the molecule is CCn1cc(CNC(=O)c2ccnn2C(C)C(=O)O)cn1. The Morgan fingerprint density at radius 1 is 1.43 bits per heavy atom. The van der Waals surface area contributed by atoms with Crippen molar-refractivity contribution in [1.82, 2.24) is 24.9 Å². The molecule has 0 saturated heterocycles. The number of nitrogens with zero attached hydrogens (tertiary/aromatic N) is 4. The third-order valence-corrected chi connectivity index (χ3v) is 3.09. The summed E-state index contributed by atoms with van der Waals surface area (Å²) in [4.78, 5) is 23.1. The predicted molar refractivity (Wildman–Crippen MR) is 73.6 cm³/mol. The zero-order valence-electron chi connectivity index (χ0n) is 11.9. The van der Waals surface area contributed by atoms with Crippen LogP contribution in [0.15, 0.2) is 24.7 Å². The third-order valence-electron chi connectivity index (χ3n) is 3.09. The average Bonchev–Trinajstić information content (AvgIpc) is 3.12. The molecule has 0 fully saturated rings. The Labute approximate surface area is 121 Å². The molecule has 2 N–H and O–H groups in total. The Kier molecular flexibility index (Phi) is 4.36. The molecule has 0 saturated carbocycles. The summed E-state index contributed by atoms with van der Waals surface area (Å²) < 4.78 is 2.95. The smallest absolute Gasteiger partial charge is 0.328 e. The molecule has 0 radical (unpaired) electrons. The van der Waals surface area contributed by atoms with Crippen LogP contribution < -0.4 is 5.32 Å². The number of nitrogens with one attached hydrogen (secondary N) is 1. The monoisotopic (exact) mass is 291 g/mol. The molecule has 2 rings (SSSR count). The highest BCUT2D eigenvalue weighted by Gasteiger charge is 2.20. The van der Waals surface area contributed by atoms with Crippen molar-refractivity contribution in [2.45, 2.75) is 33.0 Å². The molecule has 0 aliphatic carbocycles. The van der Waals surface area contributed by atoms with Gasteiger partial charge in [-0.25, -0.2) is 9.48 Å². The highest BCUT2D eigenvalue weighted by molar-refractivity contribution is 5.93. The van der Waals surface area contributed by atoms with Crippen molar-refractivity contribution >= 4 is 11.9 Å². The van der Waals surface area contributed by atoms with E-state index >= 15 is 0 Å². The van der Waals surface area contributed by atoms with Crippen molar-refractivity contribution in [3.05, 3.63) is 35.9 Å². The largest absolute Gasteiger partial charge is 0.480 e. The normalized spacial score (nSPS) is 12.1. The van der Waals surface area contributed by atoms with Crippen LogP contribution >= 0.6 is 0 Å². The molecule has 112 valence electrons. The lowest BCUT2D eigenvalue weighted by molar-refractivity contribution is -0.140. The molecule has 2 aromatic rings. The van der Waals surface area contributed by atoms with Crippen molar-refractivity contribution in [2.24, 2.45) is 0 Å². The van der Waals surface area contributed by atoms with Gasteiger partial charge < -0.3 is 10.4 Å². The van der Waals surface area contributed by atoms with E-state index in [2.05, 4.69) is 15.5 Å².